The number of carbonyl (C=O) groups is 1. The Hall–Kier alpha value is -2.94. The first-order valence-electron chi connectivity index (χ1n) is 5.41. The number of rotatable bonds is 3. The van der Waals surface area contributed by atoms with Crippen LogP contribution in [0.25, 0.3) is 0 Å². The molecule has 6 nitrogen and oxygen atoms in total. The van der Waals surface area contributed by atoms with E-state index in [9.17, 15) is 4.79 Å². The monoisotopic (exact) mass is 254 g/mol. The van der Waals surface area contributed by atoms with Crippen molar-refractivity contribution in [2.75, 3.05) is 12.4 Å². The van der Waals surface area contributed by atoms with Gasteiger partial charge in [0.05, 0.1) is 18.4 Å². The molecule has 19 heavy (non-hydrogen) atoms. The highest BCUT2D eigenvalue weighted by Crippen LogP contribution is 2.20. The van der Waals surface area contributed by atoms with Gasteiger partial charge in [-0.25, -0.2) is 14.8 Å². The molecule has 0 aliphatic carbocycles. The molecule has 0 saturated heterocycles. The van der Waals surface area contributed by atoms with Crippen LogP contribution in [0.4, 0.5) is 11.5 Å². The molecule has 1 N–H and O–H groups in total. The third-order valence-electron chi connectivity index (χ3n) is 2.38. The smallest absolute Gasteiger partial charge is 0.339 e. The van der Waals surface area contributed by atoms with Crippen molar-refractivity contribution in [2.45, 2.75) is 0 Å². The summed E-state index contributed by atoms with van der Waals surface area (Å²) in [5, 5.41) is 11.7. The van der Waals surface area contributed by atoms with Gasteiger partial charge in [-0.15, -0.1) is 0 Å². The van der Waals surface area contributed by atoms with E-state index in [0.29, 0.717) is 17.1 Å². The second-order valence-corrected chi connectivity index (χ2v) is 3.56. The van der Waals surface area contributed by atoms with Gasteiger partial charge in [0.1, 0.15) is 23.9 Å². The predicted octanol–water partition coefficient (Wildman–Crippen LogP) is 1.88. The number of para-hydroxylation sites is 1. The Morgan fingerprint density at radius 3 is 2.89 bits per heavy atom. The van der Waals surface area contributed by atoms with E-state index in [1.807, 2.05) is 6.07 Å². The zero-order valence-corrected chi connectivity index (χ0v) is 10.1. The summed E-state index contributed by atoms with van der Waals surface area (Å²) in [7, 11) is 1.32. The summed E-state index contributed by atoms with van der Waals surface area (Å²) in [6.07, 6.45) is 1.28. The van der Waals surface area contributed by atoms with E-state index in [4.69, 9.17) is 10.00 Å². The fourth-order valence-electron chi connectivity index (χ4n) is 1.50. The van der Waals surface area contributed by atoms with Gasteiger partial charge in [0.2, 0.25) is 0 Å². The van der Waals surface area contributed by atoms with Crippen LogP contribution in [-0.2, 0) is 4.74 Å². The molecule has 0 aliphatic heterocycles. The average molecular weight is 254 g/mol. The minimum absolute atomic E-state index is 0.244. The second-order valence-electron chi connectivity index (χ2n) is 3.56. The van der Waals surface area contributed by atoms with Crippen molar-refractivity contribution >= 4 is 17.5 Å². The summed E-state index contributed by atoms with van der Waals surface area (Å²) in [5.41, 5.74) is 1.19. The fourth-order valence-corrected chi connectivity index (χ4v) is 1.50. The van der Waals surface area contributed by atoms with Crippen LogP contribution in [0.5, 0.6) is 0 Å². The molecule has 94 valence electrons. The van der Waals surface area contributed by atoms with Gasteiger partial charge in [0, 0.05) is 6.07 Å². The van der Waals surface area contributed by atoms with Crippen molar-refractivity contribution in [3.05, 3.63) is 47.9 Å². The molecular formula is C13H10N4O2. The van der Waals surface area contributed by atoms with Crippen LogP contribution >= 0.6 is 0 Å². The third-order valence-corrected chi connectivity index (χ3v) is 2.38. The number of ether oxygens (including phenoxy) is 1. The molecule has 1 aromatic carbocycles. The van der Waals surface area contributed by atoms with Crippen LogP contribution in [0.15, 0.2) is 36.7 Å². The summed E-state index contributed by atoms with van der Waals surface area (Å²) in [4.78, 5) is 19.4. The molecule has 0 fully saturated rings. The molecule has 2 aromatic rings. The van der Waals surface area contributed by atoms with Crippen LogP contribution in [0, 0.1) is 11.3 Å². The van der Waals surface area contributed by atoms with E-state index in [1.165, 1.54) is 19.5 Å². The zero-order valence-electron chi connectivity index (χ0n) is 10.1. The number of anilines is 2. The summed E-state index contributed by atoms with van der Waals surface area (Å²) in [6, 6.07) is 10.3. The lowest BCUT2D eigenvalue weighted by Gasteiger charge is -2.09. The number of benzene rings is 1. The van der Waals surface area contributed by atoms with Gasteiger partial charge in [-0.3, -0.25) is 0 Å². The molecule has 0 aliphatic rings. The van der Waals surface area contributed by atoms with E-state index in [2.05, 4.69) is 15.3 Å². The maximum Gasteiger partial charge on any atom is 0.339 e. The number of methoxy groups -OCH3 is 1. The lowest BCUT2D eigenvalue weighted by molar-refractivity contribution is 0.0602. The highest BCUT2D eigenvalue weighted by Gasteiger charge is 2.11. The van der Waals surface area contributed by atoms with Gasteiger partial charge in [0.25, 0.3) is 0 Å². The summed E-state index contributed by atoms with van der Waals surface area (Å²) >= 11 is 0. The lowest BCUT2D eigenvalue weighted by atomic mass is 10.2. The quantitative estimate of drug-likeness (QED) is 0.841. The van der Waals surface area contributed by atoms with E-state index < -0.39 is 5.97 Å². The molecule has 0 unspecified atom stereocenters. The van der Waals surface area contributed by atoms with Crippen LogP contribution in [0.3, 0.4) is 0 Å². The van der Waals surface area contributed by atoms with Gasteiger partial charge in [-0.1, -0.05) is 12.1 Å². The minimum atomic E-state index is -0.447. The topological polar surface area (TPSA) is 87.9 Å². The van der Waals surface area contributed by atoms with Crippen molar-refractivity contribution in [1.82, 2.24) is 9.97 Å². The standard InChI is InChI=1S/C13H10N4O2/c1-19-13(18)10-4-2-3-5-11(10)17-12-6-9(7-14)15-8-16-12/h2-6,8H,1H3,(H,15,16,17). The Morgan fingerprint density at radius 1 is 1.37 bits per heavy atom. The maximum atomic E-state index is 11.6. The fraction of sp³-hybridized carbons (Fsp3) is 0.0769. The minimum Gasteiger partial charge on any atom is -0.465 e. The van der Waals surface area contributed by atoms with E-state index in [1.54, 1.807) is 24.3 Å². The zero-order chi connectivity index (χ0) is 13.7. The van der Waals surface area contributed by atoms with Crippen molar-refractivity contribution in [3.8, 4) is 6.07 Å². The highest BCUT2D eigenvalue weighted by molar-refractivity contribution is 5.96. The van der Waals surface area contributed by atoms with Crippen LogP contribution in [0.1, 0.15) is 16.1 Å². The number of hydrogen-bond donors (Lipinski definition) is 1. The number of esters is 1. The molecule has 0 amide bonds. The van der Waals surface area contributed by atoms with E-state index in [0.717, 1.165) is 0 Å². The SMILES string of the molecule is COC(=O)c1ccccc1Nc1cc(C#N)ncn1. The number of nitriles is 1. The molecular weight excluding hydrogens is 244 g/mol. The Labute approximate surface area is 109 Å². The van der Waals surface area contributed by atoms with Crippen molar-refractivity contribution < 1.29 is 9.53 Å². The third kappa shape index (κ3) is 2.84. The van der Waals surface area contributed by atoms with Gasteiger partial charge >= 0.3 is 5.97 Å². The molecule has 0 spiro atoms. The molecule has 2 rings (SSSR count). The van der Waals surface area contributed by atoms with Crippen LogP contribution in [-0.4, -0.2) is 23.0 Å². The number of nitrogens with zero attached hydrogens (tertiary/aromatic N) is 3. The molecule has 0 radical (unpaired) electrons. The lowest BCUT2D eigenvalue weighted by Crippen LogP contribution is -2.06. The Morgan fingerprint density at radius 2 is 2.16 bits per heavy atom. The second kappa shape index (κ2) is 5.60. The average Bonchev–Trinajstić information content (AvgIpc) is 2.47. The van der Waals surface area contributed by atoms with E-state index >= 15 is 0 Å². The van der Waals surface area contributed by atoms with E-state index in [-0.39, 0.29) is 5.69 Å². The van der Waals surface area contributed by atoms with Gasteiger partial charge < -0.3 is 10.1 Å². The molecule has 0 saturated carbocycles. The predicted molar refractivity (Wildman–Crippen MR) is 67.8 cm³/mol. The number of hydrogen-bond acceptors (Lipinski definition) is 6. The molecule has 0 bridgehead atoms. The number of aromatic nitrogens is 2. The molecule has 6 heteroatoms. The molecule has 1 heterocycles. The summed E-state index contributed by atoms with van der Waals surface area (Å²) in [5.74, 6) is -0.0134. The number of nitrogens with one attached hydrogen (secondary N) is 1. The Kier molecular flexibility index (Phi) is 3.69. The van der Waals surface area contributed by atoms with Gasteiger partial charge in [0.15, 0.2) is 0 Å². The number of carbonyl (C=O) groups excluding carboxylic acids is 1. The summed E-state index contributed by atoms with van der Waals surface area (Å²) in [6.45, 7) is 0. The van der Waals surface area contributed by atoms with Crippen LogP contribution < -0.4 is 5.32 Å². The normalized spacial score (nSPS) is 9.47. The van der Waals surface area contributed by atoms with Crippen molar-refractivity contribution in [3.63, 3.8) is 0 Å². The van der Waals surface area contributed by atoms with Crippen LogP contribution in [0.2, 0.25) is 0 Å². The molecule has 0 atom stereocenters. The first kappa shape index (κ1) is 12.5. The van der Waals surface area contributed by atoms with Crippen molar-refractivity contribution in [2.24, 2.45) is 0 Å². The maximum absolute atomic E-state index is 11.6. The molecule has 1 aromatic heterocycles. The van der Waals surface area contributed by atoms with Gasteiger partial charge in [-0.05, 0) is 12.1 Å². The largest absolute Gasteiger partial charge is 0.465 e. The Bertz CT molecular complexity index is 649. The first-order chi connectivity index (χ1) is 9.24. The van der Waals surface area contributed by atoms with Gasteiger partial charge in [-0.2, -0.15) is 5.26 Å². The Balaban J connectivity index is 2.33. The summed E-state index contributed by atoms with van der Waals surface area (Å²) < 4.78 is 4.70. The van der Waals surface area contributed by atoms with Crippen molar-refractivity contribution in [1.29, 1.82) is 5.26 Å². The highest BCUT2D eigenvalue weighted by atomic mass is 16.5. The first-order valence-corrected chi connectivity index (χ1v) is 5.41.